The van der Waals surface area contributed by atoms with Crippen molar-refractivity contribution in [3.05, 3.63) is 0 Å². The first-order valence-electron chi connectivity index (χ1n) is 5.53. The summed E-state index contributed by atoms with van der Waals surface area (Å²) in [6.07, 6.45) is 4.80. The largest absolute Gasteiger partial charge is 0.330 e. The van der Waals surface area contributed by atoms with E-state index in [0.717, 1.165) is 39.1 Å². The van der Waals surface area contributed by atoms with E-state index in [-0.39, 0.29) is 0 Å². The van der Waals surface area contributed by atoms with E-state index in [1.165, 1.54) is 19.3 Å². The van der Waals surface area contributed by atoms with Crippen molar-refractivity contribution in [2.45, 2.75) is 32.6 Å². The molecule has 0 radical (unpaired) electrons. The van der Waals surface area contributed by atoms with Gasteiger partial charge in [-0.2, -0.15) is 0 Å². The Kier molecular flexibility index (Phi) is 11.8. The number of nitrogens with one attached hydrogen (secondary N) is 2. The van der Waals surface area contributed by atoms with Crippen LogP contribution in [-0.4, -0.2) is 32.7 Å². The molecule has 0 spiro atoms. The highest BCUT2D eigenvalue weighted by atomic mass is 14.9. The zero-order valence-electron chi connectivity index (χ0n) is 8.94. The van der Waals surface area contributed by atoms with Crippen LogP contribution in [0.1, 0.15) is 32.6 Å². The smallest absolute Gasteiger partial charge is 0.00368 e. The molecule has 4 N–H and O–H groups in total. The monoisotopic (exact) mass is 187 g/mol. The molecule has 0 heterocycles. The molecule has 0 saturated carbocycles. The van der Waals surface area contributed by atoms with Crippen molar-refractivity contribution in [1.82, 2.24) is 10.6 Å². The van der Waals surface area contributed by atoms with E-state index in [4.69, 9.17) is 5.73 Å². The second-order valence-electron chi connectivity index (χ2n) is 3.35. The quantitative estimate of drug-likeness (QED) is 0.441. The van der Waals surface area contributed by atoms with Gasteiger partial charge >= 0.3 is 0 Å². The lowest BCUT2D eigenvalue weighted by Gasteiger charge is -2.04. The van der Waals surface area contributed by atoms with E-state index in [0.29, 0.717) is 0 Å². The minimum atomic E-state index is 0.819. The van der Waals surface area contributed by atoms with Crippen LogP contribution < -0.4 is 16.4 Å². The molecule has 0 bridgehead atoms. The molecule has 0 aliphatic rings. The van der Waals surface area contributed by atoms with Gasteiger partial charge in [-0.15, -0.1) is 0 Å². The summed E-state index contributed by atoms with van der Waals surface area (Å²) in [5, 5.41) is 6.78. The molecule has 0 fully saturated rings. The molecule has 3 nitrogen and oxygen atoms in total. The molecule has 0 aromatic heterocycles. The van der Waals surface area contributed by atoms with Crippen molar-refractivity contribution in [1.29, 1.82) is 0 Å². The summed E-state index contributed by atoms with van der Waals surface area (Å²) in [6.45, 7) is 7.54. The van der Waals surface area contributed by atoms with Crippen LogP contribution in [0.5, 0.6) is 0 Å². The molecule has 0 rings (SSSR count). The molecule has 0 aromatic rings. The fraction of sp³-hybridized carbons (Fsp3) is 1.00. The average Bonchev–Trinajstić information content (AvgIpc) is 2.16. The fourth-order valence-electron chi connectivity index (χ4n) is 1.16. The van der Waals surface area contributed by atoms with Gasteiger partial charge in [0.1, 0.15) is 0 Å². The van der Waals surface area contributed by atoms with Crippen molar-refractivity contribution in [2.75, 3.05) is 32.7 Å². The Morgan fingerprint density at radius 3 is 2.08 bits per heavy atom. The number of hydrogen-bond donors (Lipinski definition) is 3. The fourth-order valence-corrected chi connectivity index (χ4v) is 1.16. The van der Waals surface area contributed by atoms with Crippen molar-refractivity contribution in [3.8, 4) is 0 Å². The van der Waals surface area contributed by atoms with E-state index in [2.05, 4.69) is 17.6 Å². The van der Waals surface area contributed by atoms with Gasteiger partial charge in [0.05, 0.1) is 0 Å². The Bertz CT molecular complexity index is 76.2. The Morgan fingerprint density at radius 1 is 0.846 bits per heavy atom. The normalized spacial score (nSPS) is 10.6. The molecule has 0 aliphatic carbocycles. The zero-order valence-corrected chi connectivity index (χ0v) is 8.94. The standard InChI is InChI=1S/C10H25N3/c1-2-7-12-9-5-10-13-8-4-3-6-11/h12-13H,2-11H2,1H3. The molecule has 13 heavy (non-hydrogen) atoms. The van der Waals surface area contributed by atoms with Crippen molar-refractivity contribution in [3.63, 3.8) is 0 Å². The topological polar surface area (TPSA) is 50.1 Å². The first kappa shape index (κ1) is 12.9. The summed E-state index contributed by atoms with van der Waals surface area (Å²) in [5.74, 6) is 0. The Balaban J connectivity index is 2.76. The Labute approximate surface area is 82.5 Å². The van der Waals surface area contributed by atoms with E-state index in [1.54, 1.807) is 0 Å². The van der Waals surface area contributed by atoms with Gasteiger partial charge in [0.25, 0.3) is 0 Å². The van der Waals surface area contributed by atoms with Crippen LogP contribution in [0.4, 0.5) is 0 Å². The van der Waals surface area contributed by atoms with Gasteiger partial charge in [0.2, 0.25) is 0 Å². The molecule has 0 saturated heterocycles. The number of unbranched alkanes of at least 4 members (excludes halogenated alkanes) is 1. The maximum Gasteiger partial charge on any atom is -0.00368 e. The third kappa shape index (κ3) is 11.9. The average molecular weight is 187 g/mol. The molecular weight excluding hydrogens is 162 g/mol. The summed E-state index contributed by atoms with van der Waals surface area (Å²) in [4.78, 5) is 0. The maximum absolute atomic E-state index is 5.39. The van der Waals surface area contributed by atoms with Crippen LogP contribution in [0.2, 0.25) is 0 Å². The summed E-state index contributed by atoms with van der Waals surface area (Å²) in [7, 11) is 0. The van der Waals surface area contributed by atoms with Gasteiger partial charge in [0, 0.05) is 0 Å². The van der Waals surface area contributed by atoms with Gasteiger partial charge in [-0.05, 0) is 58.4 Å². The van der Waals surface area contributed by atoms with Gasteiger partial charge in [-0.1, -0.05) is 6.92 Å². The van der Waals surface area contributed by atoms with Gasteiger partial charge in [0.15, 0.2) is 0 Å². The summed E-state index contributed by atoms with van der Waals surface area (Å²) >= 11 is 0. The molecule has 80 valence electrons. The molecular formula is C10H25N3. The third-order valence-electron chi connectivity index (χ3n) is 1.94. The highest BCUT2D eigenvalue weighted by molar-refractivity contribution is 4.52. The lowest BCUT2D eigenvalue weighted by molar-refractivity contribution is 0.575. The Hall–Kier alpha value is -0.120. The molecule has 0 unspecified atom stereocenters. The van der Waals surface area contributed by atoms with Gasteiger partial charge in [-0.3, -0.25) is 0 Å². The van der Waals surface area contributed by atoms with E-state index < -0.39 is 0 Å². The molecule has 3 heteroatoms. The minimum absolute atomic E-state index is 0.819. The number of nitrogens with two attached hydrogens (primary N) is 1. The molecule has 0 aromatic carbocycles. The van der Waals surface area contributed by atoms with Crippen LogP contribution in [0.3, 0.4) is 0 Å². The van der Waals surface area contributed by atoms with Gasteiger partial charge < -0.3 is 16.4 Å². The van der Waals surface area contributed by atoms with Gasteiger partial charge in [-0.25, -0.2) is 0 Å². The highest BCUT2D eigenvalue weighted by Crippen LogP contribution is 1.82. The van der Waals surface area contributed by atoms with Crippen LogP contribution in [0, 0.1) is 0 Å². The second-order valence-corrected chi connectivity index (χ2v) is 3.35. The maximum atomic E-state index is 5.39. The number of rotatable bonds is 10. The summed E-state index contributed by atoms with van der Waals surface area (Å²) in [5.41, 5.74) is 5.39. The first-order valence-corrected chi connectivity index (χ1v) is 5.53. The van der Waals surface area contributed by atoms with Crippen LogP contribution >= 0.6 is 0 Å². The van der Waals surface area contributed by atoms with E-state index in [1.807, 2.05) is 0 Å². The zero-order chi connectivity index (χ0) is 9.78. The SMILES string of the molecule is CCCNCCCNCCCCN. The first-order chi connectivity index (χ1) is 6.41. The van der Waals surface area contributed by atoms with Crippen LogP contribution in [-0.2, 0) is 0 Å². The summed E-state index contributed by atoms with van der Waals surface area (Å²) in [6, 6.07) is 0. The van der Waals surface area contributed by atoms with E-state index in [9.17, 15) is 0 Å². The van der Waals surface area contributed by atoms with E-state index >= 15 is 0 Å². The molecule has 0 amide bonds. The minimum Gasteiger partial charge on any atom is -0.330 e. The van der Waals surface area contributed by atoms with Crippen molar-refractivity contribution < 1.29 is 0 Å². The predicted molar refractivity (Wildman–Crippen MR) is 58.9 cm³/mol. The number of hydrogen-bond acceptors (Lipinski definition) is 3. The Morgan fingerprint density at radius 2 is 1.46 bits per heavy atom. The van der Waals surface area contributed by atoms with Crippen LogP contribution in [0.15, 0.2) is 0 Å². The lowest BCUT2D eigenvalue weighted by Crippen LogP contribution is -2.23. The van der Waals surface area contributed by atoms with Crippen molar-refractivity contribution in [2.24, 2.45) is 5.73 Å². The van der Waals surface area contributed by atoms with Crippen LogP contribution in [0.25, 0.3) is 0 Å². The van der Waals surface area contributed by atoms with Crippen molar-refractivity contribution >= 4 is 0 Å². The highest BCUT2D eigenvalue weighted by Gasteiger charge is 1.88. The predicted octanol–water partition coefficient (Wildman–Crippen LogP) is 0.705. The molecule has 0 atom stereocenters. The molecule has 0 aliphatic heterocycles. The third-order valence-corrected chi connectivity index (χ3v) is 1.94. The second kappa shape index (κ2) is 11.9. The summed E-state index contributed by atoms with van der Waals surface area (Å²) < 4.78 is 0. The lowest BCUT2D eigenvalue weighted by atomic mass is 10.3.